The van der Waals surface area contributed by atoms with Gasteiger partial charge < -0.3 is 19.4 Å². The van der Waals surface area contributed by atoms with Gasteiger partial charge in [-0.2, -0.15) is 0 Å². The molecule has 1 fully saturated rings. The summed E-state index contributed by atoms with van der Waals surface area (Å²) in [4.78, 5) is 0. The van der Waals surface area contributed by atoms with E-state index in [0.717, 1.165) is 43.0 Å². The first-order valence-corrected chi connectivity index (χ1v) is 11.7. The fraction of sp³-hybridized carbons (Fsp3) is 0.286. The van der Waals surface area contributed by atoms with Gasteiger partial charge in [0.2, 0.25) is 0 Å². The average Bonchev–Trinajstić information content (AvgIpc) is 2.89. The quantitative estimate of drug-likeness (QED) is 0.295. The first kappa shape index (κ1) is 23.3. The zero-order valence-corrected chi connectivity index (χ0v) is 19.5. The molecule has 1 heterocycles. The highest BCUT2D eigenvalue weighted by molar-refractivity contribution is 6.61. The maximum absolute atomic E-state index is 5.77. The van der Waals surface area contributed by atoms with Crippen LogP contribution in [0.4, 0.5) is 0 Å². The van der Waals surface area contributed by atoms with Gasteiger partial charge in [0.05, 0.1) is 0 Å². The lowest BCUT2D eigenvalue weighted by atomic mass is 9.76. The van der Waals surface area contributed by atoms with Crippen LogP contribution in [0, 0.1) is 0 Å². The predicted octanol–water partition coefficient (Wildman–Crippen LogP) is 4.76. The number of allylic oxidation sites excluding steroid dienone is 1. The number of ether oxygens (including phenoxy) is 1. The van der Waals surface area contributed by atoms with Crippen LogP contribution in [0.5, 0.6) is 5.75 Å². The molecule has 1 aliphatic rings. The minimum Gasteiger partial charge on any atom is -0.492 e. The van der Waals surface area contributed by atoms with Crippen LogP contribution in [0.15, 0.2) is 78.9 Å². The van der Waals surface area contributed by atoms with E-state index in [9.17, 15) is 0 Å². The fourth-order valence-corrected chi connectivity index (χ4v) is 4.00. The highest BCUT2D eigenvalue weighted by Crippen LogP contribution is 2.33. The summed E-state index contributed by atoms with van der Waals surface area (Å²) < 4.78 is 17.3. The lowest BCUT2D eigenvalue weighted by Gasteiger charge is -2.21. The lowest BCUT2D eigenvalue weighted by Crippen LogP contribution is -2.40. The van der Waals surface area contributed by atoms with Crippen molar-refractivity contribution in [2.75, 3.05) is 33.4 Å². The van der Waals surface area contributed by atoms with Gasteiger partial charge in [-0.15, -0.1) is 0 Å². The largest absolute Gasteiger partial charge is 0.493 e. The molecule has 0 spiro atoms. The van der Waals surface area contributed by atoms with Gasteiger partial charge in [-0.3, -0.25) is 0 Å². The Morgan fingerprint density at radius 2 is 1.67 bits per heavy atom. The molecule has 3 aromatic rings. The third-order valence-corrected chi connectivity index (χ3v) is 5.93. The number of hydrogen-bond donors (Lipinski definition) is 1. The standard InChI is InChI=1S/C28H32BNO3/c1-22(24-11-13-26(14-12-24)29-32-18-6-19-33-29)28(25-7-4-3-5-8-25)21-23-9-15-27(16-10-23)31-20-17-30-2/h3-5,7-16,21-22,30H,6,17-20H2,1-2H3/b28-21-. The average molecular weight is 441 g/mol. The number of likely N-dealkylation sites (N-methyl/N-ethyl adjacent to an activating group) is 1. The zero-order chi connectivity index (χ0) is 22.9. The molecular formula is C28H32BNO3. The first-order chi connectivity index (χ1) is 16.2. The van der Waals surface area contributed by atoms with Crippen molar-refractivity contribution in [3.8, 4) is 5.75 Å². The smallest absolute Gasteiger partial charge is 0.492 e. The summed E-state index contributed by atoms with van der Waals surface area (Å²) in [6.45, 7) is 5.25. The molecule has 33 heavy (non-hydrogen) atoms. The topological polar surface area (TPSA) is 39.7 Å². The third-order valence-electron chi connectivity index (χ3n) is 5.93. The number of nitrogens with one attached hydrogen (secondary N) is 1. The van der Waals surface area contributed by atoms with Crippen LogP contribution in [0.1, 0.15) is 36.0 Å². The van der Waals surface area contributed by atoms with Gasteiger partial charge in [-0.1, -0.05) is 79.7 Å². The van der Waals surface area contributed by atoms with E-state index in [-0.39, 0.29) is 13.0 Å². The molecule has 5 heteroatoms. The maximum atomic E-state index is 5.77. The Balaban J connectivity index is 1.56. The molecular weight excluding hydrogens is 409 g/mol. The molecule has 1 atom stereocenters. The number of rotatable bonds is 9. The summed E-state index contributed by atoms with van der Waals surface area (Å²) in [5, 5.41) is 3.10. The Morgan fingerprint density at radius 3 is 2.33 bits per heavy atom. The molecule has 0 saturated carbocycles. The first-order valence-electron chi connectivity index (χ1n) is 11.7. The Labute approximate surface area is 197 Å². The van der Waals surface area contributed by atoms with Gasteiger partial charge in [-0.25, -0.2) is 0 Å². The van der Waals surface area contributed by atoms with E-state index in [0.29, 0.717) is 6.61 Å². The minimum atomic E-state index is -0.249. The molecule has 0 aliphatic carbocycles. The highest BCUT2D eigenvalue weighted by Gasteiger charge is 2.24. The Morgan fingerprint density at radius 1 is 0.970 bits per heavy atom. The minimum absolute atomic E-state index is 0.223. The van der Waals surface area contributed by atoms with Crippen molar-refractivity contribution >= 4 is 24.2 Å². The molecule has 4 rings (SSSR count). The maximum Gasteiger partial charge on any atom is 0.493 e. The molecule has 3 aromatic carbocycles. The molecule has 1 unspecified atom stereocenters. The summed E-state index contributed by atoms with van der Waals surface area (Å²) in [6.07, 6.45) is 3.23. The van der Waals surface area contributed by atoms with E-state index in [4.69, 9.17) is 14.0 Å². The van der Waals surface area contributed by atoms with Crippen molar-refractivity contribution in [3.05, 3.63) is 95.6 Å². The molecule has 0 amide bonds. The summed E-state index contributed by atoms with van der Waals surface area (Å²) in [6, 6.07) is 27.5. The molecule has 1 N–H and O–H groups in total. The summed E-state index contributed by atoms with van der Waals surface area (Å²) >= 11 is 0. The van der Waals surface area contributed by atoms with Crippen LogP contribution in [0.3, 0.4) is 0 Å². The molecule has 0 radical (unpaired) electrons. The van der Waals surface area contributed by atoms with Gasteiger partial charge in [0.15, 0.2) is 0 Å². The Bertz CT molecular complexity index is 1010. The molecule has 0 bridgehead atoms. The second-order valence-corrected chi connectivity index (χ2v) is 8.30. The van der Waals surface area contributed by atoms with Crippen molar-refractivity contribution in [1.29, 1.82) is 0 Å². The zero-order valence-electron chi connectivity index (χ0n) is 19.5. The molecule has 0 aromatic heterocycles. The number of hydrogen-bond acceptors (Lipinski definition) is 4. The molecule has 4 nitrogen and oxygen atoms in total. The van der Waals surface area contributed by atoms with Crippen LogP contribution < -0.4 is 15.5 Å². The van der Waals surface area contributed by atoms with Gasteiger partial charge in [-0.05, 0) is 53.3 Å². The Kier molecular flexibility index (Phi) is 8.37. The summed E-state index contributed by atoms with van der Waals surface area (Å²) in [5.74, 6) is 1.11. The third kappa shape index (κ3) is 6.35. The van der Waals surface area contributed by atoms with Gasteiger partial charge in [0, 0.05) is 25.7 Å². The second-order valence-electron chi connectivity index (χ2n) is 8.30. The number of benzene rings is 3. The van der Waals surface area contributed by atoms with Crippen LogP contribution in [-0.4, -0.2) is 40.5 Å². The van der Waals surface area contributed by atoms with E-state index in [1.807, 2.05) is 19.2 Å². The van der Waals surface area contributed by atoms with Crippen LogP contribution in [-0.2, 0) is 9.31 Å². The SMILES string of the molecule is CNCCOc1ccc(/C=C(\c2ccccc2)C(C)c2ccc(B3OCCCO3)cc2)cc1. The summed E-state index contributed by atoms with van der Waals surface area (Å²) in [5.41, 5.74) is 5.99. The molecule has 1 saturated heterocycles. The predicted molar refractivity (Wildman–Crippen MR) is 137 cm³/mol. The Hall–Kier alpha value is -2.86. The molecule has 1 aliphatic heterocycles. The van der Waals surface area contributed by atoms with Crippen LogP contribution in [0.2, 0.25) is 0 Å². The second kappa shape index (κ2) is 11.8. The van der Waals surface area contributed by atoms with Gasteiger partial charge in [0.25, 0.3) is 0 Å². The normalized spacial score (nSPS) is 15.3. The van der Waals surface area contributed by atoms with E-state index < -0.39 is 0 Å². The molecule has 170 valence electrons. The van der Waals surface area contributed by atoms with Crippen LogP contribution in [0.25, 0.3) is 11.6 Å². The lowest BCUT2D eigenvalue weighted by molar-refractivity contribution is 0.143. The fourth-order valence-electron chi connectivity index (χ4n) is 4.00. The van der Waals surface area contributed by atoms with Crippen molar-refractivity contribution < 1.29 is 14.0 Å². The van der Waals surface area contributed by atoms with Crippen molar-refractivity contribution in [1.82, 2.24) is 5.32 Å². The summed E-state index contributed by atoms with van der Waals surface area (Å²) in [7, 11) is 1.68. The van der Waals surface area contributed by atoms with E-state index in [1.54, 1.807) is 0 Å². The van der Waals surface area contributed by atoms with Crippen molar-refractivity contribution in [2.24, 2.45) is 0 Å². The van der Waals surface area contributed by atoms with E-state index >= 15 is 0 Å². The van der Waals surface area contributed by atoms with Gasteiger partial charge in [0.1, 0.15) is 12.4 Å². The van der Waals surface area contributed by atoms with Crippen LogP contribution >= 0.6 is 0 Å². The van der Waals surface area contributed by atoms with Crippen molar-refractivity contribution in [3.63, 3.8) is 0 Å². The van der Waals surface area contributed by atoms with Crippen molar-refractivity contribution in [2.45, 2.75) is 19.3 Å². The highest BCUT2D eigenvalue weighted by atomic mass is 16.6. The van der Waals surface area contributed by atoms with E-state index in [1.165, 1.54) is 16.7 Å². The van der Waals surface area contributed by atoms with Gasteiger partial charge >= 0.3 is 7.12 Å². The van der Waals surface area contributed by atoms with E-state index in [2.05, 4.69) is 85.0 Å². The monoisotopic (exact) mass is 441 g/mol.